The number of fused-ring (bicyclic) bond motifs is 1. The zero-order valence-corrected chi connectivity index (χ0v) is 14.3. The first-order chi connectivity index (χ1) is 12.8. The fourth-order valence-corrected chi connectivity index (χ4v) is 3.48. The molecule has 5 nitrogen and oxygen atoms in total. The highest BCUT2D eigenvalue weighted by Crippen LogP contribution is 2.44. The van der Waals surface area contributed by atoms with Gasteiger partial charge in [-0.25, -0.2) is 4.99 Å². The molecule has 2 heterocycles. The summed E-state index contributed by atoms with van der Waals surface area (Å²) in [6.07, 6.45) is 4.07. The first-order valence-electron chi connectivity index (χ1n) is 8.74. The van der Waals surface area contributed by atoms with Crippen LogP contribution in [0.1, 0.15) is 29.9 Å². The van der Waals surface area contributed by atoms with Gasteiger partial charge in [-0.2, -0.15) is 5.26 Å². The molecule has 2 aliphatic heterocycles. The minimum Gasteiger partial charge on any atom is -0.508 e. The summed E-state index contributed by atoms with van der Waals surface area (Å²) in [7, 11) is 0. The van der Waals surface area contributed by atoms with Crippen LogP contribution in [0.15, 0.2) is 65.0 Å². The van der Waals surface area contributed by atoms with Crippen LogP contribution >= 0.6 is 0 Å². The lowest BCUT2D eigenvalue weighted by molar-refractivity contribution is 0.387. The molecule has 0 spiro atoms. The van der Waals surface area contributed by atoms with Gasteiger partial charge in [0.05, 0.1) is 12.3 Å². The van der Waals surface area contributed by atoms with Gasteiger partial charge in [0.25, 0.3) is 0 Å². The van der Waals surface area contributed by atoms with Gasteiger partial charge in [-0.1, -0.05) is 36.4 Å². The summed E-state index contributed by atoms with van der Waals surface area (Å²) in [6, 6.07) is 17.1. The van der Waals surface area contributed by atoms with Crippen LogP contribution in [0.4, 0.5) is 0 Å². The van der Waals surface area contributed by atoms with Crippen molar-refractivity contribution >= 4 is 6.34 Å². The van der Waals surface area contributed by atoms with Gasteiger partial charge in [-0.3, -0.25) is 0 Å². The molecule has 5 heteroatoms. The predicted molar refractivity (Wildman–Crippen MR) is 99.0 cm³/mol. The van der Waals surface area contributed by atoms with Gasteiger partial charge < -0.3 is 14.7 Å². The number of allylic oxidation sites excluding steroid dienone is 1. The molecule has 0 aromatic heterocycles. The van der Waals surface area contributed by atoms with Gasteiger partial charge in [0.1, 0.15) is 23.1 Å². The van der Waals surface area contributed by atoms with Crippen LogP contribution < -0.4 is 4.74 Å². The van der Waals surface area contributed by atoms with E-state index in [0.29, 0.717) is 17.2 Å². The SMILES string of the molecule is N#CC1=C(N=CN2CCCC2)Oc2cc(O)ccc2C1c1ccccc1. The number of benzene rings is 2. The molecule has 1 unspecified atom stereocenters. The molecule has 2 aromatic carbocycles. The second-order valence-electron chi connectivity index (χ2n) is 6.49. The Morgan fingerprint density at radius 3 is 2.65 bits per heavy atom. The van der Waals surface area contributed by atoms with Crippen molar-refractivity contribution in [3.05, 3.63) is 71.1 Å². The van der Waals surface area contributed by atoms with Crippen molar-refractivity contribution in [3.8, 4) is 17.6 Å². The minimum atomic E-state index is -0.267. The van der Waals surface area contributed by atoms with E-state index in [1.165, 1.54) is 0 Å². The Morgan fingerprint density at radius 2 is 1.92 bits per heavy atom. The van der Waals surface area contributed by atoms with E-state index in [2.05, 4.69) is 16.0 Å². The maximum atomic E-state index is 9.85. The van der Waals surface area contributed by atoms with E-state index in [-0.39, 0.29) is 11.7 Å². The average Bonchev–Trinajstić information content (AvgIpc) is 3.19. The van der Waals surface area contributed by atoms with Gasteiger partial charge >= 0.3 is 0 Å². The quantitative estimate of drug-likeness (QED) is 0.679. The molecule has 1 fully saturated rings. The molecule has 0 radical (unpaired) electrons. The zero-order valence-electron chi connectivity index (χ0n) is 14.3. The zero-order chi connectivity index (χ0) is 17.9. The molecule has 0 amide bonds. The fraction of sp³-hybridized carbons (Fsp3) is 0.238. The lowest BCUT2D eigenvalue weighted by atomic mass is 9.83. The predicted octanol–water partition coefficient (Wildman–Crippen LogP) is 3.78. The van der Waals surface area contributed by atoms with Gasteiger partial charge in [-0.05, 0) is 24.5 Å². The molecular weight excluding hydrogens is 326 g/mol. The van der Waals surface area contributed by atoms with Gasteiger partial charge in [0, 0.05) is 24.7 Å². The largest absolute Gasteiger partial charge is 0.508 e. The molecule has 0 bridgehead atoms. The molecule has 2 aromatic rings. The first kappa shape index (κ1) is 16.2. The summed E-state index contributed by atoms with van der Waals surface area (Å²) in [4.78, 5) is 6.60. The van der Waals surface area contributed by atoms with Crippen LogP contribution in [-0.4, -0.2) is 29.4 Å². The van der Waals surface area contributed by atoms with Crippen molar-refractivity contribution in [2.24, 2.45) is 4.99 Å². The molecule has 26 heavy (non-hydrogen) atoms. The number of hydrogen-bond acceptors (Lipinski definition) is 4. The van der Waals surface area contributed by atoms with Crippen molar-refractivity contribution in [1.29, 1.82) is 5.26 Å². The summed E-state index contributed by atoms with van der Waals surface area (Å²) >= 11 is 0. The average molecular weight is 345 g/mol. The van der Waals surface area contributed by atoms with Gasteiger partial charge in [-0.15, -0.1) is 0 Å². The topological polar surface area (TPSA) is 68.9 Å². The Morgan fingerprint density at radius 1 is 1.15 bits per heavy atom. The van der Waals surface area contributed by atoms with Crippen molar-refractivity contribution in [3.63, 3.8) is 0 Å². The monoisotopic (exact) mass is 345 g/mol. The second kappa shape index (κ2) is 6.93. The number of phenolic OH excluding ortho intramolecular Hbond substituents is 1. The Hall–Kier alpha value is -3.26. The third-order valence-electron chi connectivity index (χ3n) is 4.77. The van der Waals surface area contributed by atoms with Crippen molar-refractivity contribution in [2.45, 2.75) is 18.8 Å². The molecule has 4 rings (SSSR count). The molecule has 1 N–H and O–H groups in total. The highest BCUT2D eigenvalue weighted by molar-refractivity contribution is 5.61. The summed E-state index contributed by atoms with van der Waals surface area (Å²) in [6.45, 7) is 1.94. The second-order valence-corrected chi connectivity index (χ2v) is 6.49. The summed E-state index contributed by atoms with van der Waals surface area (Å²) in [5.41, 5.74) is 2.32. The van der Waals surface area contributed by atoms with Crippen LogP contribution in [0.25, 0.3) is 0 Å². The van der Waals surface area contributed by atoms with E-state index in [9.17, 15) is 10.4 Å². The normalized spacial score (nSPS) is 19.3. The maximum absolute atomic E-state index is 9.85. The standard InChI is InChI=1S/C21H19N3O2/c22-13-18-20(15-6-2-1-3-7-15)17-9-8-16(25)12-19(17)26-21(18)23-14-24-10-4-5-11-24/h1-3,6-9,12,14,20,25H,4-5,10-11H2. The lowest BCUT2D eigenvalue weighted by Crippen LogP contribution is -2.19. The van der Waals surface area contributed by atoms with E-state index in [1.54, 1.807) is 24.5 Å². The van der Waals surface area contributed by atoms with E-state index in [4.69, 9.17) is 4.74 Å². The third-order valence-corrected chi connectivity index (χ3v) is 4.77. The summed E-state index contributed by atoms with van der Waals surface area (Å²) < 4.78 is 5.90. The minimum absolute atomic E-state index is 0.124. The lowest BCUT2D eigenvalue weighted by Gasteiger charge is -2.26. The van der Waals surface area contributed by atoms with Gasteiger partial charge in [0.15, 0.2) is 0 Å². The summed E-state index contributed by atoms with van der Waals surface area (Å²) in [5.74, 6) is 0.688. The van der Waals surface area contributed by atoms with Crippen molar-refractivity contribution < 1.29 is 9.84 Å². The molecule has 0 saturated carbocycles. The maximum Gasteiger partial charge on any atom is 0.235 e. The van der Waals surface area contributed by atoms with E-state index in [0.717, 1.165) is 37.1 Å². The number of ether oxygens (including phenoxy) is 1. The number of aliphatic imine (C=N–C) groups is 1. The van der Waals surface area contributed by atoms with Crippen LogP contribution in [0.3, 0.4) is 0 Å². The Kier molecular flexibility index (Phi) is 4.32. The molecule has 2 aliphatic rings. The van der Waals surface area contributed by atoms with Crippen LogP contribution in [0, 0.1) is 11.3 Å². The number of rotatable bonds is 3. The molecule has 130 valence electrons. The smallest absolute Gasteiger partial charge is 0.235 e. The third kappa shape index (κ3) is 3.02. The number of phenols is 1. The van der Waals surface area contributed by atoms with E-state index < -0.39 is 0 Å². The number of hydrogen-bond donors (Lipinski definition) is 1. The van der Waals surface area contributed by atoms with Crippen LogP contribution in [-0.2, 0) is 0 Å². The highest BCUT2D eigenvalue weighted by Gasteiger charge is 2.31. The molecule has 0 aliphatic carbocycles. The molecular formula is C21H19N3O2. The molecule has 1 saturated heterocycles. The van der Waals surface area contributed by atoms with Crippen molar-refractivity contribution in [2.75, 3.05) is 13.1 Å². The van der Waals surface area contributed by atoms with E-state index in [1.807, 2.05) is 30.3 Å². The first-order valence-corrected chi connectivity index (χ1v) is 8.74. The highest BCUT2D eigenvalue weighted by atomic mass is 16.5. The van der Waals surface area contributed by atoms with Gasteiger partial charge in [0.2, 0.25) is 5.88 Å². The Balaban J connectivity index is 1.81. The van der Waals surface area contributed by atoms with E-state index >= 15 is 0 Å². The number of nitrogens with zero attached hydrogens (tertiary/aromatic N) is 3. The Bertz CT molecular complexity index is 907. The number of aromatic hydroxyl groups is 1. The van der Waals surface area contributed by atoms with Crippen LogP contribution in [0.5, 0.6) is 11.5 Å². The number of likely N-dealkylation sites (tertiary alicyclic amines) is 1. The summed E-state index contributed by atoms with van der Waals surface area (Å²) in [5, 5.41) is 19.7. The van der Waals surface area contributed by atoms with Crippen LogP contribution in [0.2, 0.25) is 0 Å². The molecule has 1 atom stereocenters. The Labute approximate surface area is 152 Å². The number of nitriles is 1. The fourth-order valence-electron chi connectivity index (χ4n) is 3.48. The van der Waals surface area contributed by atoms with Crippen molar-refractivity contribution in [1.82, 2.24) is 4.90 Å².